The highest BCUT2D eigenvalue weighted by Crippen LogP contribution is 2.33. The third-order valence-electron chi connectivity index (χ3n) is 2.37. The SMILES string of the molecule is Cc1ncc(CO)nc1-c1cccc(Cl)c1Cl. The normalized spacial score (nSPS) is 10.6. The van der Waals surface area contributed by atoms with Crippen molar-refractivity contribution in [1.29, 1.82) is 0 Å². The molecule has 0 atom stereocenters. The van der Waals surface area contributed by atoms with E-state index in [4.69, 9.17) is 28.3 Å². The van der Waals surface area contributed by atoms with Crippen LogP contribution in [0.25, 0.3) is 11.3 Å². The fourth-order valence-electron chi connectivity index (χ4n) is 1.50. The summed E-state index contributed by atoms with van der Waals surface area (Å²) in [6, 6.07) is 5.34. The second kappa shape index (κ2) is 5.00. The van der Waals surface area contributed by atoms with Gasteiger partial charge >= 0.3 is 0 Å². The fourth-order valence-corrected chi connectivity index (χ4v) is 1.89. The molecule has 1 aromatic heterocycles. The number of nitrogens with zero attached hydrogens (tertiary/aromatic N) is 2. The van der Waals surface area contributed by atoms with Gasteiger partial charge in [0, 0.05) is 5.56 Å². The molecule has 88 valence electrons. The molecule has 0 unspecified atom stereocenters. The first kappa shape index (κ1) is 12.3. The van der Waals surface area contributed by atoms with E-state index in [0.29, 0.717) is 21.4 Å². The maximum Gasteiger partial charge on any atom is 0.0934 e. The summed E-state index contributed by atoms with van der Waals surface area (Å²) in [6.07, 6.45) is 1.54. The highest BCUT2D eigenvalue weighted by atomic mass is 35.5. The van der Waals surface area contributed by atoms with Crippen molar-refractivity contribution in [1.82, 2.24) is 9.97 Å². The summed E-state index contributed by atoms with van der Waals surface area (Å²) >= 11 is 12.1. The summed E-state index contributed by atoms with van der Waals surface area (Å²) < 4.78 is 0. The summed E-state index contributed by atoms with van der Waals surface area (Å²) in [4.78, 5) is 8.48. The van der Waals surface area contributed by atoms with E-state index in [1.54, 1.807) is 12.1 Å². The minimum Gasteiger partial charge on any atom is -0.390 e. The minimum absolute atomic E-state index is 0.154. The van der Waals surface area contributed by atoms with Crippen molar-refractivity contribution < 1.29 is 5.11 Å². The average Bonchev–Trinajstić information content (AvgIpc) is 2.34. The minimum atomic E-state index is -0.154. The molecule has 1 N–H and O–H groups in total. The quantitative estimate of drug-likeness (QED) is 0.910. The fraction of sp³-hybridized carbons (Fsp3) is 0.167. The molecular weight excluding hydrogens is 259 g/mol. The van der Waals surface area contributed by atoms with Crippen LogP contribution in [0.5, 0.6) is 0 Å². The Balaban J connectivity index is 2.63. The second-order valence-corrected chi connectivity index (χ2v) is 4.34. The standard InChI is InChI=1S/C12H10Cl2N2O/c1-7-12(16-8(6-17)5-15-7)9-3-2-4-10(13)11(9)14/h2-5,17H,6H2,1H3. The van der Waals surface area contributed by atoms with Crippen LogP contribution in [0, 0.1) is 6.92 Å². The lowest BCUT2D eigenvalue weighted by molar-refractivity contribution is 0.276. The molecule has 0 bridgehead atoms. The summed E-state index contributed by atoms with van der Waals surface area (Å²) in [6.45, 7) is 1.68. The Morgan fingerprint density at radius 3 is 2.76 bits per heavy atom. The largest absolute Gasteiger partial charge is 0.390 e. The van der Waals surface area contributed by atoms with Gasteiger partial charge in [0.25, 0.3) is 0 Å². The molecule has 0 amide bonds. The molecule has 2 aromatic rings. The lowest BCUT2D eigenvalue weighted by atomic mass is 10.1. The van der Waals surface area contributed by atoms with Crippen LogP contribution in [0.15, 0.2) is 24.4 Å². The van der Waals surface area contributed by atoms with E-state index < -0.39 is 0 Å². The van der Waals surface area contributed by atoms with Crippen molar-refractivity contribution in [3.05, 3.63) is 45.8 Å². The summed E-state index contributed by atoms with van der Waals surface area (Å²) in [7, 11) is 0. The second-order valence-electron chi connectivity index (χ2n) is 3.55. The number of aromatic nitrogens is 2. The van der Waals surface area contributed by atoms with Gasteiger partial charge in [-0.1, -0.05) is 35.3 Å². The Labute approximate surface area is 109 Å². The zero-order valence-electron chi connectivity index (χ0n) is 9.11. The van der Waals surface area contributed by atoms with Gasteiger partial charge in [-0.2, -0.15) is 0 Å². The Morgan fingerprint density at radius 2 is 2.06 bits per heavy atom. The maximum atomic E-state index is 9.06. The Hall–Kier alpha value is -1.16. The molecular formula is C12H10Cl2N2O. The smallest absolute Gasteiger partial charge is 0.0934 e. The molecule has 0 spiro atoms. The van der Waals surface area contributed by atoms with Crippen LogP contribution in [-0.4, -0.2) is 15.1 Å². The van der Waals surface area contributed by atoms with Gasteiger partial charge < -0.3 is 5.11 Å². The molecule has 0 aliphatic heterocycles. The Kier molecular flexibility index (Phi) is 3.62. The van der Waals surface area contributed by atoms with Crippen molar-refractivity contribution in [2.24, 2.45) is 0 Å². The predicted octanol–water partition coefficient (Wildman–Crippen LogP) is 3.25. The van der Waals surface area contributed by atoms with Crippen molar-refractivity contribution in [3.63, 3.8) is 0 Å². The first-order valence-corrected chi connectivity index (χ1v) is 5.77. The topological polar surface area (TPSA) is 46.0 Å². The summed E-state index contributed by atoms with van der Waals surface area (Å²) in [5.74, 6) is 0. The third-order valence-corrected chi connectivity index (χ3v) is 3.19. The van der Waals surface area contributed by atoms with Crippen LogP contribution in [0.3, 0.4) is 0 Å². The molecule has 0 radical (unpaired) electrons. The Morgan fingerprint density at radius 1 is 1.29 bits per heavy atom. The van der Waals surface area contributed by atoms with Crippen LogP contribution in [0.2, 0.25) is 10.0 Å². The van der Waals surface area contributed by atoms with Crippen LogP contribution in [0.1, 0.15) is 11.4 Å². The monoisotopic (exact) mass is 268 g/mol. The molecule has 3 nitrogen and oxygen atoms in total. The molecule has 0 saturated heterocycles. The first-order valence-electron chi connectivity index (χ1n) is 5.01. The van der Waals surface area contributed by atoms with Crippen molar-refractivity contribution in [2.45, 2.75) is 13.5 Å². The molecule has 1 aromatic carbocycles. The zero-order valence-corrected chi connectivity index (χ0v) is 10.6. The van der Waals surface area contributed by atoms with E-state index in [2.05, 4.69) is 9.97 Å². The van der Waals surface area contributed by atoms with Gasteiger partial charge in [0.2, 0.25) is 0 Å². The predicted molar refractivity (Wildman–Crippen MR) is 68.1 cm³/mol. The summed E-state index contributed by atoms with van der Waals surface area (Å²) in [5.41, 5.74) is 2.61. The van der Waals surface area contributed by atoms with Crippen LogP contribution < -0.4 is 0 Å². The van der Waals surface area contributed by atoms with Gasteiger partial charge in [0.1, 0.15) is 0 Å². The van der Waals surface area contributed by atoms with E-state index in [0.717, 1.165) is 11.3 Å². The lowest BCUT2D eigenvalue weighted by Gasteiger charge is -2.08. The highest BCUT2D eigenvalue weighted by molar-refractivity contribution is 6.43. The van der Waals surface area contributed by atoms with Crippen LogP contribution in [-0.2, 0) is 6.61 Å². The van der Waals surface area contributed by atoms with E-state index >= 15 is 0 Å². The van der Waals surface area contributed by atoms with Crippen LogP contribution >= 0.6 is 23.2 Å². The molecule has 0 aliphatic rings. The average molecular weight is 269 g/mol. The number of aliphatic hydroxyl groups excluding tert-OH is 1. The number of hydrogen-bond donors (Lipinski definition) is 1. The number of rotatable bonds is 2. The zero-order chi connectivity index (χ0) is 12.4. The number of benzene rings is 1. The van der Waals surface area contributed by atoms with Crippen molar-refractivity contribution >= 4 is 23.2 Å². The number of hydrogen-bond acceptors (Lipinski definition) is 3. The molecule has 17 heavy (non-hydrogen) atoms. The Bertz CT molecular complexity index is 558. The molecule has 2 rings (SSSR count). The molecule has 0 saturated carbocycles. The first-order chi connectivity index (χ1) is 8.13. The number of aliphatic hydroxyl groups is 1. The van der Waals surface area contributed by atoms with Gasteiger partial charge in [-0.25, -0.2) is 4.98 Å². The van der Waals surface area contributed by atoms with E-state index in [-0.39, 0.29) is 6.61 Å². The van der Waals surface area contributed by atoms with E-state index in [9.17, 15) is 0 Å². The van der Waals surface area contributed by atoms with Crippen molar-refractivity contribution in [2.75, 3.05) is 0 Å². The van der Waals surface area contributed by atoms with Gasteiger partial charge in [-0.15, -0.1) is 0 Å². The molecule has 5 heteroatoms. The molecule has 1 heterocycles. The van der Waals surface area contributed by atoms with E-state index in [1.807, 2.05) is 13.0 Å². The van der Waals surface area contributed by atoms with Crippen LogP contribution in [0.4, 0.5) is 0 Å². The number of halogens is 2. The molecule has 0 fully saturated rings. The highest BCUT2D eigenvalue weighted by Gasteiger charge is 2.12. The third kappa shape index (κ3) is 2.41. The van der Waals surface area contributed by atoms with Crippen molar-refractivity contribution in [3.8, 4) is 11.3 Å². The van der Waals surface area contributed by atoms with Gasteiger partial charge in [-0.3, -0.25) is 4.98 Å². The van der Waals surface area contributed by atoms with Gasteiger partial charge in [-0.05, 0) is 13.0 Å². The van der Waals surface area contributed by atoms with Gasteiger partial charge in [0.05, 0.1) is 39.9 Å². The lowest BCUT2D eigenvalue weighted by Crippen LogP contribution is -1.98. The number of aryl methyl sites for hydroxylation is 1. The maximum absolute atomic E-state index is 9.06. The molecule has 0 aliphatic carbocycles. The van der Waals surface area contributed by atoms with E-state index in [1.165, 1.54) is 6.20 Å². The van der Waals surface area contributed by atoms with Gasteiger partial charge in [0.15, 0.2) is 0 Å². The summed E-state index contributed by atoms with van der Waals surface area (Å²) in [5, 5.41) is 9.98.